The quantitative estimate of drug-likeness (QED) is 0.635. The number of aliphatic carboxylic acids is 1. The van der Waals surface area contributed by atoms with E-state index in [2.05, 4.69) is 5.32 Å². The van der Waals surface area contributed by atoms with E-state index in [1.54, 1.807) is 25.1 Å². The Hall–Kier alpha value is -2.12. The van der Waals surface area contributed by atoms with Gasteiger partial charge in [0.05, 0.1) is 0 Å². The molecular formula is C16H25N3O4. The Morgan fingerprint density at radius 2 is 1.87 bits per heavy atom. The van der Waals surface area contributed by atoms with Crippen molar-refractivity contribution in [2.24, 2.45) is 0 Å². The van der Waals surface area contributed by atoms with Crippen LogP contribution < -0.4 is 5.32 Å². The molecule has 1 aromatic rings. The first-order chi connectivity index (χ1) is 10.7. The zero-order valence-electron chi connectivity index (χ0n) is 14.0. The largest absolute Gasteiger partial charge is 0.508 e. The molecule has 0 aliphatic carbocycles. The van der Waals surface area contributed by atoms with Gasteiger partial charge in [0.1, 0.15) is 11.8 Å². The molecule has 7 nitrogen and oxygen atoms in total. The number of hydrogen-bond acceptors (Lipinski definition) is 5. The van der Waals surface area contributed by atoms with E-state index in [1.165, 1.54) is 12.1 Å². The van der Waals surface area contributed by atoms with E-state index >= 15 is 0 Å². The van der Waals surface area contributed by atoms with Gasteiger partial charge >= 0.3 is 5.97 Å². The number of hydrogen-bond donors (Lipinski definition) is 3. The SMILES string of the molecule is CN(C)CCNC(=O)c1cc(O)ccc1CC(C(=O)O)N(C)C. The first-order valence-corrected chi connectivity index (χ1v) is 7.36. The number of likely N-dealkylation sites (N-methyl/N-ethyl adjacent to an activating group) is 2. The van der Waals surface area contributed by atoms with E-state index in [9.17, 15) is 19.8 Å². The summed E-state index contributed by atoms with van der Waals surface area (Å²) in [4.78, 5) is 27.2. The molecule has 0 aliphatic rings. The summed E-state index contributed by atoms with van der Waals surface area (Å²) in [7, 11) is 7.16. The molecule has 7 heteroatoms. The van der Waals surface area contributed by atoms with E-state index in [-0.39, 0.29) is 18.1 Å². The monoisotopic (exact) mass is 323 g/mol. The molecule has 0 aromatic heterocycles. The van der Waals surface area contributed by atoms with Crippen molar-refractivity contribution in [3.05, 3.63) is 29.3 Å². The normalized spacial score (nSPS) is 12.4. The highest BCUT2D eigenvalue weighted by atomic mass is 16.4. The van der Waals surface area contributed by atoms with Crippen molar-refractivity contribution in [3.8, 4) is 5.75 Å². The van der Waals surface area contributed by atoms with Crippen molar-refractivity contribution in [2.45, 2.75) is 12.5 Å². The number of phenols is 1. The molecule has 1 unspecified atom stereocenters. The van der Waals surface area contributed by atoms with Crippen molar-refractivity contribution < 1.29 is 19.8 Å². The van der Waals surface area contributed by atoms with Gasteiger partial charge in [-0.25, -0.2) is 0 Å². The average molecular weight is 323 g/mol. The molecule has 0 radical (unpaired) electrons. The van der Waals surface area contributed by atoms with Crippen LogP contribution in [-0.2, 0) is 11.2 Å². The number of rotatable bonds is 8. The lowest BCUT2D eigenvalue weighted by Crippen LogP contribution is -2.38. The molecule has 1 rings (SSSR count). The molecule has 128 valence electrons. The molecule has 0 spiro atoms. The summed E-state index contributed by atoms with van der Waals surface area (Å²) < 4.78 is 0. The van der Waals surface area contributed by atoms with Gasteiger partial charge in [0.2, 0.25) is 0 Å². The Labute approximate surface area is 136 Å². The van der Waals surface area contributed by atoms with Gasteiger partial charge in [-0.1, -0.05) is 6.07 Å². The van der Waals surface area contributed by atoms with E-state index in [0.717, 1.165) is 0 Å². The first kappa shape index (κ1) is 18.9. The summed E-state index contributed by atoms with van der Waals surface area (Å²) in [5.41, 5.74) is 0.892. The molecule has 0 aliphatic heterocycles. The second kappa shape index (κ2) is 8.50. The van der Waals surface area contributed by atoms with Gasteiger partial charge < -0.3 is 20.4 Å². The maximum Gasteiger partial charge on any atom is 0.321 e. The van der Waals surface area contributed by atoms with Gasteiger partial charge in [0, 0.05) is 18.7 Å². The van der Waals surface area contributed by atoms with Crippen molar-refractivity contribution in [1.29, 1.82) is 0 Å². The number of benzene rings is 1. The van der Waals surface area contributed by atoms with Crippen molar-refractivity contribution in [3.63, 3.8) is 0 Å². The molecule has 1 amide bonds. The first-order valence-electron chi connectivity index (χ1n) is 7.36. The number of nitrogens with one attached hydrogen (secondary N) is 1. The Morgan fingerprint density at radius 1 is 1.22 bits per heavy atom. The van der Waals surface area contributed by atoms with Crippen molar-refractivity contribution >= 4 is 11.9 Å². The summed E-state index contributed by atoms with van der Waals surface area (Å²) in [5, 5.41) is 21.7. The number of carboxylic acids is 1. The number of amides is 1. The molecule has 0 saturated heterocycles. The molecule has 0 fully saturated rings. The van der Waals surface area contributed by atoms with Gasteiger partial charge in [0.15, 0.2) is 0 Å². The highest BCUT2D eigenvalue weighted by molar-refractivity contribution is 5.96. The van der Waals surface area contributed by atoms with Crippen LogP contribution in [0.25, 0.3) is 0 Å². The fraction of sp³-hybridized carbons (Fsp3) is 0.500. The van der Waals surface area contributed by atoms with Crippen LogP contribution in [0, 0.1) is 0 Å². The minimum Gasteiger partial charge on any atom is -0.508 e. The predicted octanol–water partition coefficient (Wildman–Crippen LogP) is 0.241. The van der Waals surface area contributed by atoms with Crippen LogP contribution in [0.2, 0.25) is 0 Å². The second-order valence-corrected chi connectivity index (χ2v) is 5.92. The highest BCUT2D eigenvalue weighted by Gasteiger charge is 2.23. The topological polar surface area (TPSA) is 93.1 Å². The third-order valence-electron chi connectivity index (χ3n) is 3.50. The Bertz CT molecular complexity index is 558. The molecule has 1 atom stereocenters. The number of aromatic hydroxyl groups is 1. The number of carbonyl (C=O) groups excluding carboxylic acids is 1. The standard InChI is InChI=1S/C16H25N3O4/c1-18(2)8-7-17-15(21)13-10-12(20)6-5-11(13)9-14(16(22)23)19(3)4/h5-6,10,14,20H,7-9H2,1-4H3,(H,17,21)(H,22,23). The minimum atomic E-state index is -0.956. The van der Waals surface area contributed by atoms with Gasteiger partial charge in [-0.15, -0.1) is 0 Å². The van der Waals surface area contributed by atoms with Gasteiger partial charge in [-0.2, -0.15) is 0 Å². The lowest BCUT2D eigenvalue weighted by Gasteiger charge is -2.21. The fourth-order valence-electron chi connectivity index (χ4n) is 2.14. The van der Waals surface area contributed by atoms with Gasteiger partial charge in [-0.05, 0) is 52.3 Å². The van der Waals surface area contributed by atoms with Crippen molar-refractivity contribution in [2.75, 3.05) is 41.3 Å². The molecule has 0 bridgehead atoms. The molecule has 23 heavy (non-hydrogen) atoms. The van der Waals surface area contributed by atoms with E-state index in [1.807, 2.05) is 19.0 Å². The van der Waals surface area contributed by atoms with E-state index in [4.69, 9.17) is 0 Å². The van der Waals surface area contributed by atoms with Gasteiger partial charge in [0.25, 0.3) is 5.91 Å². The minimum absolute atomic E-state index is 0.0248. The van der Waals surface area contributed by atoms with Crippen LogP contribution in [0.4, 0.5) is 0 Å². The Kier molecular flexibility index (Phi) is 6.99. The fourth-order valence-corrected chi connectivity index (χ4v) is 2.14. The number of phenolic OH excluding ortho intramolecular Hbond substituents is 1. The van der Waals surface area contributed by atoms with Crippen LogP contribution in [0.1, 0.15) is 15.9 Å². The molecule has 1 aromatic carbocycles. The molecule has 0 saturated carbocycles. The summed E-state index contributed by atoms with van der Waals surface area (Å²) in [5.74, 6) is -1.30. The van der Waals surface area contributed by atoms with Crippen LogP contribution in [0.3, 0.4) is 0 Å². The highest BCUT2D eigenvalue weighted by Crippen LogP contribution is 2.19. The maximum atomic E-state index is 12.3. The van der Waals surface area contributed by atoms with E-state index in [0.29, 0.717) is 24.2 Å². The third kappa shape index (κ3) is 5.88. The maximum absolute atomic E-state index is 12.3. The lowest BCUT2D eigenvalue weighted by atomic mass is 9.98. The van der Waals surface area contributed by atoms with Gasteiger partial charge in [-0.3, -0.25) is 14.5 Å². The smallest absolute Gasteiger partial charge is 0.321 e. The zero-order chi connectivity index (χ0) is 17.6. The summed E-state index contributed by atoms with van der Waals surface area (Å²) in [6, 6.07) is 3.68. The van der Waals surface area contributed by atoms with Crippen LogP contribution in [0.15, 0.2) is 18.2 Å². The number of carbonyl (C=O) groups is 2. The molecular weight excluding hydrogens is 298 g/mol. The summed E-state index contributed by atoms with van der Waals surface area (Å²) >= 11 is 0. The summed E-state index contributed by atoms with van der Waals surface area (Å²) in [6.07, 6.45) is 0.180. The second-order valence-electron chi connectivity index (χ2n) is 5.92. The molecule has 3 N–H and O–H groups in total. The predicted molar refractivity (Wildman–Crippen MR) is 87.8 cm³/mol. The Balaban J connectivity index is 2.96. The molecule has 0 heterocycles. The van der Waals surface area contributed by atoms with Crippen LogP contribution in [-0.4, -0.2) is 79.2 Å². The zero-order valence-corrected chi connectivity index (χ0v) is 14.0. The lowest BCUT2D eigenvalue weighted by molar-refractivity contribution is -0.142. The van der Waals surface area contributed by atoms with Crippen LogP contribution >= 0.6 is 0 Å². The number of nitrogens with zero attached hydrogens (tertiary/aromatic N) is 2. The Morgan fingerprint density at radius 3 is 2.39 bits per heavy atom. The van der Waals surface area contributed by atoms with Crippen LogP contribution in [0.5, 0.6) is 5.75 Å². The number of carboxylic acid groups (broad SMARTS) is 1. The summed E-state index contributed by atoms with van der Waals surface area (Å²) in [6.45, 7) is 1.16. The van der Waals surface area contributed by atoms with E-state index < -0.39 is 12.0 Å². The third-order valence-corrected chi connectivity index (χ3v) is 3.50. The average Bonchev–Trinajstić information content (AvgIpc) is 2.44. The van der Waals surface area contributed by atoms with Crippen molar-refractivity contribution in [1.82, 2.24) is 15.1 Å².